The van der Waals surface area contributed by atoms with E-state index in [0.29, 0.717) is 6.42 Å². The molecule has 0 aromatic carbocycles. The van der Waals surface area contributed by atoms with Crippen LogP contribution in [-0.4, -0.2) is 32.5 Å². The second-order valence-electron chi connectivity index (χ2n) is 2.53. The van der Waals surface area contributed by atoms with Gasteiger partial charge in [-0.25, -0.2) is 8.42 Å². The van der Waals surface area contributed by atoms with Crippen LogP contribution < -0.4 is 0 Å². The summed E-state index contributed by atoms with van der Waals surface area (Å²) < 4.78 is 26.8. The number of esters is 1. The number of carbonyl (C=O) groups excluding carboxylic acids is 1. The lowest BCUT2D eigenvalue weighted by molar-refractivity contribution is -0.139. The van der Waals surface area contributed by atoms with Crippen LogP contribution in [0.15, 0.2) is 0 Å². The molecule has 1 unspecified atom stereocenters. The van der Waals surface area contributed by atoms with Crippen molar-refractivity contribution in [1.29, 1.82) is 0 Å². The maximum absolute atomic E-state index is 11.2. The third-order valence-corrected chi connectivity index (χ3v) is 3.81. The fourth-order valence-corrected chi connectivity index (χ4v) is 2.09. The van der Waals surface area contributed by atoms with Crippen LogP contribution in [0.2, 0.25) is 0 Å². The summed E-state index contributed by atoms with van der Waals surface area (Å²) in [5, 5.41) is -1.04. The van der Waals surface area contributed by atoms with Gasteiger partial charge in [0.2, 0.25) is 0 Å². The zero-order chi connectivity index (χ0) is 9.78. The molecular weight excluding hydrogens is 180 g/mol. The number of carbonyl (C=O) groups is 1. The molecule has 4 nitrogen and oxygen atoms in total. The van der Waals surface area contributed by atoms with Crippen molar-refractivity contribution < 1.29 is 17.9 Å². The first-order valence-electron chi connectivity index (χ1n) is 3.75. The van der Waals surface area contributed by atoms with Crippen molar-refractivity contribution >= 4 is 15.8 Å². The molecule has 12 heavy (non-hydrogen) atoms. The topological polar surface area (TPSA) is 60.4 Å². The van der Waals surface area contributed by atoms with Crippen molar-refractivity contribution in [3.8, 4) is 0 Å². The molecule has 0 fully saturated rings. The number of ether oxygens (including phenoxy) is 1. The largest absolute Gasteiger partial charge is 0.468 e. The van der Waals surface area contributed by atoms with Crippen LogP contribution in [0.5, 0.6) is 0 Å². The Hall–Kier alpha value is -0.580. The Morgan fingerprint density at radius 1 is 1.50 bits per heavy atom. The SMILES string of the molecule is CCCS(=O)(=O)C(C)C(=O)OC. The molecule has 0 N–H and O–H groups in total. The van der Waals surface area contributed by atoms with E-state index in [2.05, 4.69) is 4.74 Å². The summed E-state index contributed by atoms with van der Waals surface area (Å²) in [7, 11) is -2.12. The summed E-state index contributed by atoms with van der Waals surface area (Å²) in [6.45, 7) is 3.10. The van der Waals surface area contributed by atoms with Gasteiger partial charge in [0.1, 0.15) is 0 Å². The highest BCUT2D eigenvalue weighted by Crippen LogP contribution is 2.04. The van der Waals surface area contributed by atoms with E-state index in [4.69, 9.17) is 0 Å². The molecule has 0 heterocycles. The summed E-state index contributed by atoms with van der Waals surface area (Å²) in [4.78, 5) is 10.8. The molecule has 0 aliphatic rings. The van der Waals surface area contributed by atoms with E-state index in [1.807, 2.05) is 0 Å². The molecular formula is C7H14O4S. The van der Waals surface area contributed by atoms with E-state index in [9.17, 15) is 13.2 Å². The minimum atomic E-state index is -3.30. The van der Waals surface area contributed by atoms with Crippen molar-refractivity contribution in [3.05, 3.63) is 0 Å². The minimum absolute atomic E-state index is 0.0310. The van der Waals surface area contributed by atoms with E-state index in [1.165, 1.54) is 14.0 Å². The Morgan fingerprint density at radius 3 is 2.33 bits per heavy atom. The Labute approximate surface area is 72.8 Å². The summed E-state index contributed by atoms with van der Waals surface area (Å²) in [5.74, 6) is -0.660. The third-order valence-electron chi connectivity index (χ3n) is 1.56. The molecule has 0 radical (unpaired) electrons. The zero-order valence-electron chi connectivity index (χ0n) is 7.53. The van der Waals surface area contributed by atoms with Crippen LogP contribution in [0.4, 0.5) is 0 Å². The van der Waals surface area contributed by atoms with Gasteiger partial charge in [-0.3, -0.25) is 4.79 Å². The molecule has 0 aliphatic carbocycles. The van der Waals surface area contributed by atoms with Crippen LogP contribution >= 0.6 is 0 Å². The van der Waals surface area contributed by atoms with Crippen molar-refractivity contribution in [2.45, 2.75) is 25.5 Å². The van der Waals surface area contributed by atoms with Crippen LogP contribution in [-0.2, 0) is 19.4 Å². The fourth-order valence-electron chi connectivity index (χ4n) is 0.774. The van der Waals surface area contributed by atoms with Crippen LogP contribution in [0, 0.1) is 0 Å². The molecule has 0 saturated carbocycles. The Bertz CT molecular complexity index is 242. The van der Waals surface area contributed by atoms with Crippen molar-refractivity contribution in [1.82, 2.24) is 0 Å². The molecule has 0 rings (SSSR count). The highest BCUT2D eigenvalue weighted by molar-refractivity contribution is 7.92. The maximum atomic E-state index is 11.2. The zero-order valence-corrected chi connectivity index (χ0v) is 8.35. The first-order valence-corrected chi connectivity index (χ1v) is 5.46. The average molecular weight is 194 g/mol. The van der Waals surface area contributed by atoms with Crippen molar-refractivity contribution in [2.24, 2.45) is 0 Å². The van der Waals surface area contributed by atoms with Gasteiger partial charge < -0.3 is 4.74 Å². The van der Waals surface area contributed by atoms with Gasteiger partial charge in [0, 0.05) is 0 Å². The normalized spacial score (nSPS) is 13.9. The minimum Gasteiger partial charge on any atom is -0.468 e. The molecule has 72 valence electrons. The highest BCUT2D eigenvalue weighted by atomic mass is 32.2. The van der Waals surface area contributed by atoms with Crippen LogP contribution in [0.25, 0.3) is 0 Å². The lowest BCUT2D eigenvalue weighted by atomic mass is 10.5. The predicted octanol–water partition coefficient (Wildman–Crippen LogP) is 0.373. The molecule has 0 aromatic heterocycles. The van der Waals surface area contributed by atoms with Crippen LogP contribution in [0.1, 0.15) is 20.3 Å². The van der Waals surface area contributed by atoms with E-state index < -0.39 is 21.1 Å². The second kappa shape index (κ2) is 4.45. The second-order valence-corrected chi connectivity index (χ2v) is 4.97. The lowest BCUT2D eigenvalue weighted by Gasteiger charge is -2.08. The van der Waals surface area contributed by atoms with Crippen molar-refractivity contribution in [3.63, 3.8) is 0 Å². The van der Waals surface area contributed by atoms with Gasteiger partial charge in [0.15, 0.2) is 15.1 Å². The molecule has 0 spiro atoms. The molecule has 0 saturated heterocycles. The smallest absolute Gasteiger partial charge is 0.323 e. The lowest BCUT2D eigenvalue weighted by Crippen LogP contribution is -2.30. The third kappa shape index (κ3) is 2.81. The summed E-state index contributed by atoms with van der Waals surface area (Å²) in [6.07, 6.45) is 0.518. The van der Waals surface area contributed by atoms with Gasteiger partial charge in [-0.05, 0) is 13.3 Å². The number of methoxy groups -OCH3 is 1. The van der Waals surface area contributed by atoms with E-state index in [-0.39, 0.29) is 5.75 Å². The highest BCUT2D eigenvalue weighted by Gasteiger charge is 2.27. The van der Waals surface area contributed by atoms with Gasteiger partial charge in [0.25, 0.3) is 0 Å². The number of hydrogen-bond acceptors (Lipinski definition) is 4. The van der Waals surface area contributed by atoms with E-state index in [1.54, 1.807) is 6.92 Å². The predicted molar refractivity (Wildman–Crippen MR) is 45.6 cm³/mol. The standard InChI is InChI=1S/C7H14O4S/c1-4-5-12(9,10)6(2)7(8)11-3/h6H,4-5H2,1-3H3. The Morgan fingerprint density at radius 2 is 2.00 bits per heavy atom. The number of rotatable bonds is 4. The summed E-state index contributed by atoms with van der Waals surface area (Å²) >= 11 is 0. The van der Waals surface area contributed by atoms with Crippen LogP contribution in [0.3, 0.4) is 0 Å². The average Bonchev–Trinajstić information content (AvgIpc) is 2.01. The Balaban J connectivity index is 4.46. The number of hydrogen-bond donors (Lipinski definition) is 0. The molecule has 0 aliphatic heterocycles. The monoisotopic (exact) mass is 194 g/mol. The molecule has 0 aromatic rings. The Kier molecular flexibility index (Phi) is 4.23. The van der Waals surface area contributed by atoms with Gasteiger partial charge in [-0.15, -0.1) is 0 Å². The van der Waals surface area contributed by atoms with E-state index in [0.717, 1.165) is 0 Å². The molecule has 0 bridgehead atoms. The maximum Gasteiger partial charge on any atom is 0.323 e. The summed E-state index contributed by atoms with van der Waals surface area (Å²) in [5.41, 5.74) is 0. The van der Waals surface area contributed by atoms with Crippen molar-refractivity contribution in [2.75, 3.05) is 12.9 Å². The molecule has 1 atom stereocenters. The molecule has 5 heteroatoms. The quantitative estimate of drug-likeness (QED) is 0.607. The summed E-state index contributed by atoms with van der Waals surface area (Å²) in [6, 6.07) is 0. The molecule has 0 amide bonds. The van der Waals surface area contributed by atoms with E-state index >= 15 is 0 Å². The van der Waals surface area contributed by atoms with Gasteiger partial charge in [0.05, 0.1) is 12.9 Å². The van der Waals surface area contributed by atoms with Gasteiger partial charge >= 0.3 is 5.97 Å². The van der Waals surface area contributed by atoms with Gasteiger partial charge in [-0.1, -0.05) is 6.92 Å². The van der Waals surface area contributed by atoms with Gasteiger partial charge in [-0.2, -0.15) is 0 Å². The first-order chi connectivity index (χ1) is 5.45. The first kappa shape index (κ1) is 11.4. The number of sulfone groups is 1. The fraction of sp³-hybridized carbons (Fsp3) is 0.857.